The number of Topliss-reactive ketones (excluding diaryl/α,β-unsaturated/α-hetero) is 1. The number of hydrogen-bond acceptors (Lipinski definition) is 2. The summed E-state index contributed by atoms with van der Waals surface area (Å²) >= 11 is 0. The smallest absolute Gasteiger partial charge is 0.137 e. The van der Waals surface area contributed by atoms with E-state index in [-0.39, 0.29) is 11.6 Å². The molecule has 1 heterocycles. The third-order valence-corrected chi connectivity index (χ3v) is 3.21. The summed E-state index contributed by atoms with van der Waals surface area (Å²) in [6.07, 6.45) is 3.25. The quantitative estimate of drug-likeness (QED) is 0.867. The fourth-order valence-electron chi connectivity index (χ4n) is 2.37. The topological polar surface area (TPSA) is 29.1 Å². The lowest BCUT2D eigenvalue weighted by atomic mass is 9.92. The van der Waals surface area contributed by atoms with E-state index in [1.54, 1.807) is 12.1 Å². The second kappa shape index (κ2) is 5.92. The highest BCUT2D eigenvalue weighted by atomic mass is 19.1. The predicted molar refractivity (Wildman–Crippen MR) is 65.3 cm³/mol. The van der Waals surface area contributed by atoms with Gasteiger partial charge in [-0.25, -0.2) is 4.39 Å². The van der Waals surface area contributed by atoms with Crippen LogP contribution in [-0.2, 0) is 11.2 Å². The van der Waals surface area contributed by atoms with Crippen molar-refractivity contribution in [2.75, 3.05) is 13.1 Å². The number of ketones is 1. The molecule has 0 amide bonds. The van der Waals surface area contributed by atoms with Gasteiger partial charge in [0.15, 0.2) is 0 Å². The number of carbonyl (C=O) groups is 1. The Kier molecular flexibility index (Phi) is 4.26. The normalized spacial score (nSPS) is 20.2. The van der Waals surface area contributed by atoms with Crippen molar-refractivity contribution in [3.63, 3.8) is 0 Å². The van der Waals surface area contributed by atoms with Crippen LogP contribution in [0.4, 0.5) is 4.39 Å². The predicted octanol–water partition coefficient (Wildman–Crippen LogP) is 2.33. The van der Waals surface area contributed by atoms with E-state index in [2.05, 4.69) is 5.32 Å². The van der Waals surface area contributed by atoms with Gasteiger partial charge in [-0.3, -0.25) is 4.79 Å². The second-order valence-corrected chi connectivity index (χ2v) is 4.76. The average Bonchev–Trinajstić information content (AvgIpc) is 2.30. The van der Waals surface area contributed by atoms with Crippen LogP contribution < -0.4 is 5.32 Å². The van der Waals surface area contributed by atoms with E-state index in [1.807, 2.05) is 0 Å². The zero-order valence-electron chi connectivity index (χ0n) is 9.92. The van der Waals surface area contributed by atoms with Gasteiger partial charge in [0, 0.05) is 12.8 Å². The van der Waals surface area contributed by atoms with Crippen molar-refractivity contribution < 1.29 is 9.18 Å². The van der Waals surface area contributed by atoms with Crippen LogP contribution in [0.15, 0.2) is 24.3 Å². The molecule has 1 aliphatic rings. The zero-order valence-corrected chi connectivity index (χ0v) is 9.92. The Morgan fingerprint density at radius 3 is 3.06 bits per heavy atom. The second-order valence-electron chi connectivity index (χ2n) is 4.76. The number of hydrogen-bond donors (Lipinski definition) is 1. The molecular weight excluding hydrogens is 217 g/mol. The highest BCUT2D eigenvalue weighted by Gasteiger charge is 2.16. The van der Waals surface area contributed by atoms with Crippen molar-refractivity contribution in [2.45, 2.75) is 25.7 Å². The maximum atomic E-state index is 13.0. The molecule has 2 rings (SSSR count). The van der Waals surface area contributed by atoms with Gasteiger partial charge in [0.2, 0.25) is 0 Å². The first-order valence-corrected chi connectivity index (χ1v) is 6.21. The Bertz CT molecular complexity index is 386. The van der Waals surface area contributed by atoms with Gasteiger partial charge < -0.3 is 5.32 Å². The van der Waals surface area contributed by atoms with Crippen LogP contribution in [0.1, 0.15) is 24.8 Å². The van der Waals surface area contributed by atoms with E-state index >= 15 is 0 Å². The summed E-state index contributed by atoms with van der Waals surface area (Å²) in [5.41, 5.74) is 0.777. The van der Waals surface area contributed by atoms with Crippen molar-refractivity contribution in [1.82, 2.24) is 5.32 Å². The van der Waals surface area contributed by atoms with Crippen LogP contribution in [0.3, 0.4) is 0 Å². The Morgan fingerprint density at radius 2 is 2.35 bits per heavy atom. The molecule has 1 N–H and O–H groups in total. The summed E-state index contributed by atoms with van der Waals surface area (Å²) in [7, 11) is 0. The monoisotopic (exact) mass is 235 g/mol. The number of piperidine rings is 1. The van der Waals surface area contributed by atoms with Crippen molar-refractivity contribution >= 4 is 5.78 Å². The van der Waals surface area contributed by atoms with Gasteiger partial charge in [0.25, 0.3) is 0 Å². The van der Waals surface area contributed by atoms with E-state index in [9.17, 15) is 9.18 Å². The molecule has 1 aromatic carbocycles. The van der Waals surface area contributed by atoms with Crippen LogP contribution in [-0.4, -0.2) is 18.9 Å². The van der Waals surface area contributed by atoms with E-state index in [1.165, 1.54) is 12.1 Å². The summed E-state index contributed by atoms with van der Waals surface area (Å²) in [5, 5.41) is 3.30. The number of carbonyl (C=O) groups excluding carboxylic acids is 1. The van der Waals surface area contributed by atoms with Gasteiger partial charge in [-0.05, 0) is 49.5 Å². The molecule has 1 saturated heterocycles. The fourth-order valence-corrected chi connectivity index (χ4v) is 2.37. The fraction of sp³-hybridized carbons (Fsp3) is 0.500. The van der Waals surface area contributed by atoms with Gasteiger partial charge in [-0.2, -0.15) is 0 Å². The van der Waals surface area contributed by atoms with Gasteiger partial charge in [-0.15, -0.1) is 0 Å². The maximum Gasteiger partial charge on any atom is 0.137 e. The van der Waals surface area contributed by atoms with Gasteiger partial charge >= 0.3 is 0 Å². The van der Waals surface area contributed by atoms with Gasteiger partial charge in [0.05, 0.1) is 0 Å². The van der Waals surface area contributed by atoms with E-state index in [0.29, 0.717) is 18.8 Å². The number of nitrogens with one attached hydrogen (secondary N) is 1. The molecule has 3 heteroatoms. The minimum absolute atomic E-state index is 0.212. The SMILES string of the molecule is O=C(Cc1cccc(F)c1)CC1CCCNC1. The average molecular weight is 235 g/mol. The third kappa shape index (κ3) is 3.93. The lowest BCUT2D eigenvalue weighted by Crippen LogP contribution is -2.31. The molecule has 0 saturated carbocycles. The zero-order chi connectivity index (χ0) is 12.1. The van der Waals surface area contributed by atoms with Crippen molar-refractivity contribution in [2.24, 2.45) is 5.92 Å². The van der Waals surface area contributed by atoms with Crippen LogP contribution >= 0.6 is 0 Å². The van der Waals surface area contributed by atoms with Crippen LogP contribution in [0, 0.1) is 11.7 Å². The highest BCUT2D eigenvalue weighted by molar-refractivity contribution is 5.81. The summed E-state index contributed by atoms with van der Waals surface area (Å²) in [6, 6.07) is 6.30. The summed E-state index contributed by atoms with van der Waals surface area (Å²) in [5.74, 6) is 0.406. The molecular formula is C14H18FNO. The molecule has 2 nitrogen and oxygen atoms in total. The van der Waals surface area contributed by atoms with E-state index in [0.717, 1.165) is 31.5 Å². The Hall–Kier alpha value is -1.22. The van der Waals surface area contributed by atoms with Crippen molar-refractivity contribution in [3.05, 3.63) is 35.6 Å². The Balaban J connectivity index is 1.84. The molecule has 1 unspecified atom stereocenters. The molecule has 0 radical (unpaired) electrons. The van der Waals surface area contributed by atoms with Gasteiger partial charge in [-0.1, -0.05) is 12.1 Å². The summed E-state index contributed by atoms with van der Waals surface area (Å²) in [6.45, 7) is 2.00. The van der Waals surface area contributed by atoms with Crippen LogP contribution in [0.25, 0.3) is 0 Å². The lowest BCUT2D eigenvalue weighted by molar-refractivity contribution is -0.119. The lowest BCUT2D eigenvalue weighted by Gasteiger charge is -2.21. The van der Waals surface area contributed by atoms with E-state index < -0.39 is 0 Å². The number of benzene rings is 1. The molecule has 0 aliphatic carbocycles. The minimum atomic E-state index is -0.269. The van der Waals surface area contributed by atoms with Gasteiger partial charge in [0.1, 0.15) is 11.6 Å². The first-order valence-electron chi connectivity index (χ1n) is 6.21. The maximum absolute atomic E-state index is 13.0. The third-order valence-electron chi connectivity index (χ3n) is 3.21. The molecule has 1 aromatic rings. The van der Waals surface area contributed by atoms with E-state index in [4.69, 9.17) is 0 Å². The highest BCUT2D eigenvalue weighted by Crippen LogP contribution is 2.16. The molecule has 0 aromatic heterocycles. The van der Waals surface area contributed by atoms with Crippen LogP contribution in [0.2, 0.25) is 0 Å². The molecule has 1 fully saturated rings. The molecule has 1 aliphatic heterocycles. The summed E-state index contributed by atoms with van der Waals surface area (Å²) in [4.78, 5) is 11.8. The molecule has 0 spiro atoms. The molecule has 17 heavy (non-hydrogen) atoms. The molecule has 0 bridgehead atoms. The Labute approximate surface area is 101 Å². The summed E-state index contributed by atoms with van der Waals surface area (Å²) < 4.78 is 13.0. The Morgan fingerprint density at radius 1 is 1.47 bits per heavy atom. The standard InChI is InChI=1S/C14H18FNO/c15-13-5-1-3-11(7-13)8-14(17)9-12-4-2-6-16-10-12/h1,3,5,7,12,16H,2,4,6,8-10H2. The van der Waals surface area contributed by atoms with Crippen LogP contribution in [0.5, 0.6) is 0 Å². The minimum Gasteiger partial charge on any atom is -0.316 e. The molecule has 1 atom stereocenters. The largest absolute Gasteiger partial charge is 0.316 e. The first kappa shape index (κ1) is 12.2. The van der Waals surface area contributed by atoms with Crippen molar-refractivity contribution in [3.8, 4) is 0 Å². The van der Waals surface area contributed by atoms with Crippen molar-refractivity contribution in [1.29, 1.82) is 0 Å². The first-order chi connectivity index (χ1) is 8.24. The number of rotatable bonds is 4. The number of halogens is 1. The molecule has 92 valence electrons.